The van der Waals surface area contributed by atoms with Gasteiger partial charge in [-0.2, -0.15) is 0 Å². The van der Waals surface area contributed by atoms with E-state index in [0.29, 0.717) is 0 Å². The van der Waals surface area contributed by atoms with Crippen molar-refractivity contribution in [2.24, 2.45) is 5.41 Å². The highest BCUT2D eigenvalue weighted by Crippen LogP contribution is 2.28. The smallest absolute Gasteiger partial charge is 0.319 e. The van der Waals surface area contributed by atoms with Crippen molar-refractivity contribution < 1.29 is 38.2 Å². The zero-order valence-corrected chi connectivity index (χ0v) is 14.4. The zero-order chi connectivity index (χ0) is 16.5. The molecule has 0 aliphatic carbocycles. The molecule has 0 amide bonds. The lowest BCUT2D eigenvalue weighted by molar-refractivity contribution is -0.156. The van der Waals surface area contributed by atoms with Crippen LogP contribution in [0.1, 0.15) is 20.3 Å². The molecule has 0 aromatic heterocycles. The number of aliphatic hydroxyl groups is 1. The van der Waals surface area contributed by atoms with Crippen LogP contribution in [0.4, 0.5) is 0 Å². The van der Waals surface area contributed by atoms with Crippen molar-refractivity contribution in [2.75, 3.05) is 26.4 Å². The van der Waals surface area contributed by atoms with Crippen LogP contribution in [0.5, 0.6) is 0 Å². The normalized spacial score (nSPS) is 14.3. The maximum Gasteiger partial charge on any atom is 0.319 e. The lowest BCUT2D eigenvalue weighted by Gasteiger charge is -2.24. The monoisotopic (exact) mass is 390 g/mol. The summed E-state index contributed by atoms with van der Waals surface area (Å²) in [7, 11) is -3.04. The fourth-order valence-corrected chi connectivity index (χ4v) is 2.51. The maximum absolute atomic E-state index is 11.9. The number of halogens is 1. The summed E-state index contributed by atoms with van der Waals surface area (Å²) < 4.78 is 24.3. The third-order valence-electron chi connectivity index (χ3n) is 2.38. The molecule has 0 heterocycles. The highest BCUT2D eigenvalue weighted by atomic mass is 79.9. The fraction of sp³-hybridized carbons (Fsp3) is 0.818. The number of carbonyl (C=O) groups excluding carboxylic acids is 2. The number of esters is 2. The standard InChI is InChI=1S/C11H20BrO8P/c1-11(2,7-8(12)9(14)18-4-3-13)10(15)19-5-6-20-21(16)17/h8,13,21H,3-7H2,1-2H3,(H,16,17). The molecule has 0 aromatic rings. The predicted octanol–water partition coefficient (Wildman–Crippen LogP) is 0.643. The summed E-state index contributed by atoms with van der Waals surface area (Å²) in [5, 5.41) is 8.56. The average molecular weight is 391 g/mol. The second-order valence-corrected chi connectivity index (χ2v) is 6.62. The van der Waals surface area contributed by atoms with Crippen LogP contribution in [-0.4, -0.2) is 53.2 Å². The predicted molar refractivity (Wildman–Crippen MR) is 77.3 cm³/mol. The highest BCUT2D eigenvalue weighted by Gasteiger charge is 2.34. The first kappa shape index (κ1) is 20.5. The topological polar surface area (TPSA) is 119 Å². The van der Waals surface area contributed by atoms with E-state index in [1.165, 1.54) is 0 Å². The minimum absolute atomic E-state index is 0.108. The summed E-state index contributed by atoms with van der Waals surface area (Å²) in [6.45, 7) is 2.49. The molecule has 0 spiro atoms. The van der Waals surface area contributed by atoms with Crippen LogP contribution in [-0.2, 0) is 28.2 Å². The van der Waals surface area contributed by atoms with Gasteiger partial charge in [-0.05, 0) is 20.3 Å². The summed E-state index contributed by atoms with van der Waals surface area (Å²) in [4.78, 5) is 31.1. The summed E-state index contributed by atoms with van der Waals surface area (Å²) in [5.74, 6) is -1.14. The van der Waals surface area contributed by atoms with Gasteiger partial charge in [0.15, 0.2) is 0 Å². The first-order valence-electron chi connectivity index (χ1n) is 6.15. The van der Waals surface area contributed by atoms with E-state index in [4.69, 9.17) is 19.5 Å². The Kier molecular flexibility index (Phi) is 10.1. The molecule has 0 bridgehead atoms. The van der Waals surface area contributed by atoms with E-state index < -0.39 is 30.4 Å². The fourth-order valence-electron chi connectivity index (χ4n) is 1.31. The molecule has 0 aromatic carbocycles. The Morgan fingerprint density at radius 2 is 1.86 bits per heavy atom. The molecule has 0 aliphatic rings. The van der Waals surface area contributed by atoms with Gasteiger partial charge in [0, 0.05) is 0 Å². The van der Waals surface area contributed by atoms with Crippen LogP contribution in [0.25, 0.3) is 0 Å². The van der Waals surface area contributed by atoms with Gasteiger partial charge < -0.3 is 24.0 Å². The first-order valence-corrected chi connectivity index (χ1v) is 8.33. The minimum Gasteiger partial charge on any atom is -0.463 e. The molecular formula is C11H20BrO8P. The van der Waals surface area contributed by atoms with Crippen LogP contribution < -0.4 is 0 Å². The number of hydrogen-bond acceptors (Lipinski definition) is 7. The number of hydrogen-bond donors (Lipinski definition) is 2. The Balaban J connectivity index is 4.23. The minimum atomic E-state index is -3.04. The van der Waals surface area contributed by atoms with Crippen molar-refractivity contribution in [2.45, 2.75) is 25.1 Å². The van der Waals surface area contributed by atoms with E-state index in [1.807, 2.05) is 0 Å². The molecule has 0 radical (unpaired) electrons. The van der Waals surface area contributed by atoms with E-state index in [2.05, 4.69) is 20.5 Å². The number of alkyl halides is 1. The Labute approximate surface area is 131 Å². The number of ether oxygens (including phenoxy) is 2. The zero-order valence-electron chi connectivity index (χ0n) is 11.8. The van der Waals surface area contributed by atoms with Crippen LogP contribution in [0.2, 0.25) is 0 Å². The summed E-state index contributed by atoms with van der Waals surface area (Å²) in [5.41, 5.74) is -0.961. The molecular weight excluding hydrogens is 371 g/mol. The maximum atomic E-state index is 11.9. The van der Waals surface area contributed by atoms with Crippen molar-refractivity contribution in [3.05, 3.63) is 0 Å². The molecule has 0 saturated carbocycles. The molecule has 0 fully saturated rings. The van der Waals surface area contributed by atoms with Crippen LogP contribution >= 0.6 is 24.2 Å². The van der Waals surface area contributed by atoms with Crippen molar-refractivity contribution in [1.29, 1.82) is 0 Å². The second-order valence-electron chi connectivity index (χ2n) is 4.70. The first-order chi connectivity index (χ1) is 9.70. The van der Waals surface area contributed by atoms with E-state index >= 15 is 0 Å². The van der Waals surface area contributed by atoms with Gasteiger partial charge in [-0.1, -0.05) is 15.9 Å². The van der Waals surface area contributed by atoms with Crippen molar-refractivity contribution in [3.8, 4) is 0 Å². The molecule has 0 aliphatic heterocycles. The second kappa shape index (κ2) is 10.3. The van der Waals surface area contributed by atoms with Crippen molar-refractivity contribution >= 4 is 36.1 Å². The van der Waals surface area contributed by atoms with Crippen LogP contribution in [0, 0.1) is 5.41 Å². The van der Waals surface area contributed by atoms with Gasteiger partial charge >= 0.3 is 20.2 Å². The molecule has 8 nitrogen and oxygen atoms in total. The summed E-state index contributed by atoms with van der Waals surface area (Å²) >= 11 is 3.12. The third kappa shape index (κ3) is 9.21. The summed E-state index contributed by atoms with van der Waals surface area (Å²) in [6.07, 6.45) is 0.132. The van der Waals surface area contributed by atoms with Gasteiger partial charge in [-0.15, -0.1) is 0 Å². The number of carbonyl (C=O) groups is 2. The molecule has 21 heavy (non-hydrogen) atoms. The van der Waals surface area contributed by atoms with Crippen LogP contribution in [0.3, 0.4) is 0 Å². The lowest BCUT2D eigenvalue weighted by Crippen LogP contribution is -2.33. The SMILES string of the molecule is CC(C)(CC(Br)C(=O)OCCO)C(=O)OCCO[PH](=O)O. The van der Waals surface area contributed by atoms with Crippen molar-refractivity contribution in [3.63, 3.8) is 0 Å². The van der Waals surface area contributed by atoms with Gasteiger partial charge in [-0.3, -0.25) is 14.2 Å². The van der Waals surface area contributed by atoms with E-state index in [1.54, 1.807) is 13.8 Å². The lowest BCUT2D eigenvalue weighted by atomic mass is 9.88. The summed E-state index contributed by atoms with van der Waals surface area (Å²) in [6, 6.07) is 0. The molecule has 10 heteroatoms. The Hall–Kier alpha value is -0.470. The largest absolute Gasteiger partial charge is 0.463 e. The van der Waals surface area contributed by atoms with Crippen LogP contribution in [0.15, 0.2) is 0 Å². The Morgan fingerprint density at radius 1 is 1.24 bits per heavy atom. The molecule has 0 rings (SSSR count). The van der Waals surface area contributed by atoms with Gasteiger partial charge in [0.1, 0.15) is 18.0 Å². The average Bonchev–Trinajstić information content (AvgIpc) is 2.39. The Morgan fingerprint density at radius 3 is 2.38 bits per heavy atom. The molecule has 0 saturated heterocycles. The third-order valence-corrected chi connectivity index (χ3v) is 3.52. The molecule has 2 atom stereocenters. The van der Waals surface area contributed by atoms with Gasteiger partial charge in [-0.25, -0.2) is 0 Å². The molecule has 2 N–H and O–H groups in total. The van der Waals surface area contributed by atoms with E-state index in [9.17, 15) is 14.2 Å². The highest BCUT2D eigenvalue weighted by molar-refractivity contribution is 9.10. The van der Waals surface area contributed by atoms with Gasteiger partial charge in [0.2, 0.25) is 0 Å². The van der Waals surface area contributed by atoms with Gasteiger partial charge in [0.25, 0.3) is 0 Å². The number of aliphatic hydroxyl groups excluding tert-OH is 1. The van der Waals surface area contributed by atoms with E-state index in [-0.39, 0.29) is 32.8 Å². The van der Waals surface area contributed by atoms with Gasteiger partial charge in [0.05, 0.1) is 18.6 Å². The van der Waals surface area contributed by atoms with E-state index in [0.717, 1.165) is 0 Å². The molecule has 2 unspecified atom stereocenters. The number of rotatable bonds is 10. The molecule has 124 valence electrons. The quantitative estimate of drug-likeness (QED) is 0.241. The Bertz CT molecular complexity index is 373. The van der Waals surface area contributed by atoms with Crippen molar-refractivity contribution in [1.82, 2.24) is 0 Å².